The quantitative estimate of drug-likeness (QED) is 0.464. The summed E-state index contributed by atoms with van der Waals surface area (Å²) in [6, 6.07) is 0. The first kappa shape index (κ1) is 14.9. The first-order valence-electron chi connectivity index (χ1n) is 3.84. The Bertz CT molecular complexity index is 111. The molecule has 5 nitrogen and oxygen atoms in total. The summed E-state index contributed by atoms with van der Waals surface area (Å²) in [6.45, 7) is 3.47. The molecule has 0 bridgehead atoms. The molecule has 68 valence electrons. The van der Waals surface area contributed by atoms with Gasteiger partial charge < -0.3 is 11.5 Å². The van der Waals surface area contributed by atoms with E-state index in [0.717, 1.165) is 0 Å². The fourth-order valence-corrected chi connectivity index (χ4v) is 0.655. The smallest absolute Gasteiger partial charge is 0.00461 e. The molecule has 0 spiro atoms. The Morgan fingerprint density at radius 2 is 2.00 bits per heavy atom. The molecule has 0 aromatic carbocycles. The van der Waals surface area contributed by atoms with Gasteiger partial charge in [0.25, 0.3) is 0 Å². The molecule has 0 radical (unpaired) electrons. The molecule has 0 saturated heterocycles. The molecular weight excluding hydrogens is 171 g/mol. The van der Waals surface area contributed by atoms with Crippen LogP contribution >= 0.6 is 0 Å². The van der Waals surface area contributed by atoms with Gasteiger partial charge in [0, 0.05) is 13.1 Å². The second kappa shape index (κ2) is 11.4. The van der Waals surface area contributed by atoms with Crippen molar-refractivity contribution in [2.45, 2.75) is 10.3 Å². The average molecular weight is 186 g/mol. The van der Waals surface area contributed by atoms with Gasteiger partial charge in [0.1, 0.15) is 0 Å². The second-order valence-corrected chi connectivity index (χ2v) is 3.06. The van der Waals surface area contributed by atoms with Crippen LogP contribution < -0.4 is 11.5 Å². The minimum Gasteiger partial charge on any atom is -0.329 e. The average Bonchev–Trinajstić information content (AvgIpc) is 2.05. The molecule has 12 heavy (non-hydrogen) atoms. The van der Waals surface area contributed by atoms with Gasteiger partial charge in [-0.05, 0) is 0 Å². The van der Waals surface area contributed by atoms with Crippen LogP contribution in [0.15, 0.2) is 0 Å². The van der Waals surface area contributed by atoms with Crippen molar-refractivity contribution in [1.82, 2.24) is 0 Å². The molecule has 5 N–H and O–H groups in total. The Kier molecular flexibility index (Phi) is 14.0. The maximum Gasteiger partial charge on any atom is 0.00461 e. The summed E-state index contributed by atoms with van der Waals surface area (Å²) >= 11 is 0.561. The van der Waals surface area contributed by atoms with Crippen LogP contribution in [0.4, 0.5) is 0 Å². The standard InChI is InChI=1S/C4H7O3.C2H8N2.Na/c1-2-7-3-4(5)6;3-1-2-4;/h3H,2H2,1H3,(H,5,6);1-4H2;. The zero-order valence-electron chi connectivity index (χ0n) is 7.62. The fraction of sp³-hybridized carbons (Fsp3) is 0.833. The van der Waals surface area contributed by atoms with Crippen LogP contribution in [0.2, 0.25) is 0 Å². The number of ether oxygens (including phenoxy) is 1. The van der Waals surface area contributed by atoms with Crippen molar-refractivity contribution >= 4 is 33.9 Å². The van der Waals surface area contributed by atoms with E-state index in [4.69, 9.17) is 21.3 Å². The van der Waals surface area contributed by atoms with Gasteiger partial charge in [-0.15, -0.1) is 0 Å². The molecule has 0 aromatic heterocycles. The molecule has 0 rings (SSSR count). The predicted octanol–water partition coefficient (Wildman–Crippen LogP) is -1.49. The first-order valence-corrected chi connectivity index (χ1v) is 5.00. The second-order valence-electron chi connectivity index (χ2n) is 2.01. The number of aliphatic carboxylic acids is 1. The van der Waals surface area contributed by atoms with Crippen molar-refractivity contribution in [3.8, 4) is 0 Å². The van der Waals surface area contributed by atoms with E-state index in [9.17, 15) is 4.79 Å². The molecular formula is C6H15N2NaO3. The SMILES string of the molecule is CCO[CH]([Na])C(=O)O.NCCN. The van der Waals surface area contributed by atoms with Crippen LogP contribution in [0, 0.1) is 0 Å². The topological polar surface area (TPSA) is 98.6 Å². The molecule has 0 amide bonds. The van der Waals surface area contributed by atoms with E-state index in [1.165, 1.54) is 0 Å². The van der Waals surface area contributed by atoms with Crippen molar-refractivity contribution in [3.63, 3.8) is 0 Å². The number of rotatable bonds is 4. The third kappa shape index (κ3) is 13.0. The minimum absolute atomic E-state index is 0.487. The number of carbonyl (C=O) groups is 1. The molecule has 0 aromatic rings. The zero-order chi connectivity index (χ0) is 9.98. The number of nitrogens with two attached hydrogens (primary N) is 2. The Hall–Kier alpha value is 0.350. The molecule has 1 atom stereocenters. The Labute approximate surface area is 89.9 Å². The van der Waals surface area contributed by atoms with Gasteiger partial charge in [0.15, 0.2) is 0 Å². The van der Waals surface area contributed by atoms with E-state index < -0.39 is 9.32 Å². The van der Waals surface area contributed by atoms with Gasteiger partial charge in [0.05, 0.1) is 0 Å². The van der Waals surface area contributed by atoms with E-state index in [-0.39, 0.29) is 0 Å². The van der Waals surface area contributed by atoms with E-state index in [1.54, 1.807) is 6.92 Å². The maximum absolute atomic E-state index is 10.00. The van der Waals surface area contributed by atoms with Crippen LogP contribution in [0.25, 0.3) is 0 Å². The zero-order valence-corrected chi connectivity index (χ0v) is 9.62. The van der Waals surface area contributed by atoms with E-state index in [1.807, 2.05) is 0 Å². The summed E-state index contributed by atoms with van der Waals surface area (Å²) in [5.74, 6) is -0.849. The molecule has 0 saturated carbocycles. The van der Waals surface area contributed by atoms with E-state index >= 15 is 0 Å². The first-order chi connectivity index (χ1) is 5.59. The molecule has 0 heterocycles. The van der Waals surface area contributed by atoms with Crippen molar-refractivity contribution in [3.05, 3.63) is 0 Å². The third-order valence-electron chi connectivity index (χ3n) is 0.931. The molecule has 0 aliphatic heterocycles. The maximum atomic E-state index is 10.00. The number of hydrogen-bond donors (Lipinski definition) is 3. The van der Waals surface area contributed by atoms with Crippen LogP contribution in [0.5, 0.6) is 0 Å². The van der Waals surface area contributed by atoms with Gasteiger partial charge >= 0.3 is 65.4 Å². The molecule has 6 heteroatoms. The summed E-state index contributed by atoms with van der Waals surface area (Å²) < 4.78 is 4.24. The Morgan fingerprint density at radius 1 is 1.58 bits per heavy atom. The van der Waals surface area contributed by atoms with Crippen molar-refractivity contribution in [2.24, 2.45) is 11.5 Å². The fourth-order valence-electron chi connectivity index (χ4n) is 0.321. The summed E-state index contributed by atoms with van der Waals surface area (Å²) in [5.41, 5.74) is 9.81. The minimum atomic E-state index is -0.849. The molecule has 0 aliphatic carbocycles. The number of carboxylic acids is 1. The van der Waals surface area contributed by atoms with Crippen LogP contribution in [-0.4, -0.2) is 62.1 Å². The van der Waals surface area contributed by atoms with Gasteiger partial charge in [-0.2, -0.15) is 0 Å². The van der Waals surface area contributed by atoms with Gasteiger partial charge in [-0.25, -0.2) is 0 Å². The van der Waals surface area contributed by atoms with Crippen molar-refractivity contribution < 1.29 is 14.6 Å². The third-order valence-corrected chi connectivity index (χ3v) is 1.76. The summed E-state index contributed by atoms with van der Waals surface area (Å²) in [6.07, 6.45) is 0. The van der Waals surface area contributed by atoms with Crippen molar-refractivity contribution in [2.75, 3.05) is 19.7 Å². The summed E-state index contributed by atoms with van der Waals surface area (Å²) in [4.78, 5) is 10.00. The van der Waals surface area contributed by atoms with Crippen LogP contribution in [-0.2, 0) is 9.53 Å². The predicted molar refractivity (Wildman–Crippen MR) is 46.9 cm³/mol. The van der Waals surface area contributed by atoms with Gasteiger partial charge in [0.2, 0.25) is 0 Å². The largest absolute Gasteiger partial charge is 0.329 e. The Morgan fingerprint density at radius 3 is 2.08 bits per heavy atom. The van der Waals surface area contributed by atoms with E-state index in [0.29, 0.717) is 47.6 Å². The van der Waals surface area contributed by atoms with Crippen molar-refractivity contribution in [1.29, 1.82) is 0 Å². The molecule has 1 unspecified atom stereocenters. The number of hydrogen-bond acceptors (Lipinski definition) is 4. The molecule has 0 aliphatic rings. The van der Waals surface area contributed by atoms with E-state index in [2.05, 4.69) is 0 Å². The van der Waals surface area contributed by atoms with Gasteiger partial charge in [-0.3, -0.25) is 0 Å². The monoisotopic (exact) mass is 186 g/mol. The number of carboxylic acid groups (broad SMARTS) is 1. The van der Waals surface area contributed by atoms with Gasteiger partial charge in [-0.1, -0.05) is 0 Å². The normalized spacial score (nSPS) is 11.4. The van der Waals surface area contributed by atoms with Crippen LogP contribution in [0.3, 0.4) is 0 Å². The summed E-state index contributed by atoms with van der Waals surface area (Å²) in [7, 11) is 0. The Balaban J connectivity index is 0. The summed E-state index contributed by atoms with van der Waals surface area (Å²) in [5, 5.41) is 8.22. The molecule has 0 fully saturated rings. The van der Waals surface area contributed by atoms with Crippen LogP contribution in [0.1, 0.15) is 6.92 Å².